The van der Waals surface area contributed by atoms with E-state index < -0.39 is 0 Å². The molecule has 1 saturated carbocycles. The zero-order chi connectivity index (χ0) is 14.7. The molecule has 21 heavy (non-hydrogen) atoms. The molecular formula is C18H23N3. The lowest BCUT2D eigenvalue weighted by atomic mass is 9.78. The molecule has 1 heterocycles. The minimum atomic E-state index is -0.00485. The van der Waals surface area contributed by atoms with E-state index in [2.05, 4.69) is 35.3 Å². The van der Waals surface area contributed by atoms with Crippen molar-refractivity contribution in [3.8, 4) is 0 Å². The van der Waals surface area contributed by atoms with Gasteiger partial charge in [-0.1, -0.05) is 43.2 Å². The normalized spacial score (nSPS) is 18.6. The summed E-state index contributed by atoms with van der Waals surface area (Å²) in [5.74, 6) is 0.976. The van der Waals surface area contributed by atoms with E-state index >= 15 is 0 Å². The molecule has 0 spiro atoms. The second-order valence-corrected chi connectivity index (χ2v) is 6.21. The first-order valence-electron chi connectivity index (χ1n) is 7.84. The molecule has 1 aromatic carbocycles. The van der Waals surface area contributed by atoms with Gasteiger partial charge in [0.25, 0.3) is 0 Å². The van der Waals surface area contributed by atoms with E-state index in [9.17, 15) is 0 Å². The molecule has 1 aromatic heterocycles. The fraction of sp³-hybridized carbons (Fsp3) is 0.444. The minimum absolute atomic E-state index is 0.00485. The van der Waals surface area contributed by atoms with Gasteiger partial charge in [0, 0.05) is 24.4 Å². The summed E-state index contributed by atoms with van der Waals surface area (Å²) in [5, 5.41) is 0. The maximum Gasteiger partial charge on any atom is 0.139 e. The van der Waals surface area contributed by atoms with Crippen LogP contribution in [0.1, 0.15) is 49.7 Å². The van der Waals surface area contributed by atoms with Crippen LogP contribution in [0, 0.1) is 0 Å². The van der Waals surface area contributed by atoms with Gasteiger partial charge in [0.15, 0.2) is 0 Å². The molecule has 1 unspecified atom stereocenters. The number of nitrogens with zero attached hydrogens (tertiary/aromatic N) is 2. The molecule has 1 aliphatic rings. The van der Waals surface area contributed by atoms with Gasteiger partial charge >= 0.3 is 0 Å². The quantitative estimate of drug-likeness (QED) is 0.936. The van der Waals surface area contributed by atoms with Crippen LogP contribution in [0.25, 0.3) is 0 Å². The van der Waals surface area contributed by atoms with Crippen LogP contribution in [0.15, 0.2) is 42.6 Å². The van der Waals surface area contributed by atoms with E-state index in [-0.39, 0.29) is 11.5 Å². The van der Waals surface area contributed by atoms with Gasteiger partial charge in [0.1, 0.15) is 5.82 Å². The van der Waals surface area contributed by atoms with Crippen molar-refractivity contribution in [3.63, 3.8) is 0 Å². The van der Waals surface area contributed by atoms with Crippen LogP contribution in [-0.2, 0) is 11.8 Å². The number of hydrogen-bond donors (Lipinski definition) is 1. The van der Waals surface area contributed by atoms with E-state index in [1.807, 2.05) is 19.2 Å². The lowest BCUT2D eigenvalue weighted by molar-refractivity contribution is 0.495. The first-order chi connectivity index (χ1) is 10.2. The molecular weight excluding hydrogens is 258 g/mol. The summed E-state index contributed by atoms with van der Waals surface area (Å²) in [6.07, 6.45) is 7.46. The monoisotopic (exact) mass is 281 g/mol. The Kier molecular flexibility index (Phi) is 4.02. The lowest BCUT2D eigenvalue weighted by Gasteiger charge is -2.28. The Balaban J connectivity index is 2.02. The number of rotatable bonds is 4. The molecule has 0 radical (unpaired) electrons. The summed E-state index contributed by atoms with van der Waals surface area (Å²) in [6.45, 7) is 2.02. The summed E-state index contributed by atoms with van der Waals surface area (Å²) < 4.78 is 0. The summed E-state index contributed by atoms with van der Waals surface area (Å²) in [4.78, 5) is 9.48. The molecule has 3 heteroatoms. The number of nitrogens with two attached hydrogens (primary N) is 1. The standard InChI is InChI=1S/C18H23N3/c1-14(19)13-16-9-12-20-17(21-16)18(10-5-6-11-18)15-7-3-2-4-8-15/h2-4,7-9,12,14H,5-6,10-11,13,19H2,1H3. The SMILES string of the molecule is CC(N)Cc1ccnc(C2(c3ccccc3)CCCC2)n1. The topological polar surface area (TPSA) is 51.8 Å². The van der Waals surface area contributed by atoms with Crippen molar-refractivity contribution in [1.82, 2.24) is 9.97 Å². The second kappa shape index (κ2) is 5.94. The molecule has 2 aromatic rings. The first kappa shape index (κ1) is 14.2. The Morgan fingerprint density at radius 1 is 1.14 bits per heavy atom. The minimum Gasteiger partial charge on any atom is -0.328 e. The molecule has 1 fully saturated rings. The molecule has 0 bridgehead atoms. The van der Waals surface area contributed by atoms with E-state index in [1.54, 1.807) is 0 Å². The van der Waals surface area contributed by atoms with Gasteiger partial charge in [0.05, 0.1) is 5.41 Å². The van der Waals surface area contributed by atoms with Gasteiger partial charge in [-0.3, -0.25) is 0 Å². The Morgan fingerprint density at radius 3 is 2.52 bits per heavy atom. The van der Waals surface area contributed by atoms with Crippen molar-refractivity contribution in [2.45, 2.75) is 50.5 Å². The van der Waals surface area contributed by atoms with E-state index in [0.29, 0.717) is 0 Å². The second-order valence-electron chi connectivity index (χ2n) is 6.21. The molecule has 1 aliphatic carbocycles. The average Bonchev–Trinajstić information content (AvgIpc) is 2.99. The predicted molar refractivity (Wildman–Crippen MR) is 85.1 cm³/mol. The van der Waals surface area contributed by atoms with Crippen molar-refractivity contribution < 1.29 is 0 Å². The van der Waals surface area contributed by atoms with Gasteiger partial charge in [-0.15, -0.1) is 0 Å². The fourth-order valence-corrected chi connectivity index (χ4v) is 3.45. The summed E-state index contributed by atoms with van der Waals surface area (Å²) in [6, 6.07) is 12.8. The molecule has 0 aliphatic heterocycles. The Morgan fingerprint density at radius 2 is 1.86 bits per heavy atom. The molecule has 3 nitrogen and oxygen atoms in total. The van der Waals surface area contributed by atoms with Crippen molar-refractivity contribution >= 4 is 0 Å². The summed E-state index contributed by atoms with van der Waals surface area (Å²) >= 11 is 0. The predicted octanol–water partition coefficient (Wildman–Crippen LogP) is 3.23. The largest absolute Gasteiger partial charge is 0.328 e. The van der Waals surface area contributed by atoms with Crippen LogP contribution in [0.2, 0.25) is 0 Å². The zero-order valence-electron chi connectivity index (χ0n) is 12.6. The lowest BCUT2D eigenvalue weighted by Crippen LogP contribution is -2.28. The van der Waals surface area contributed by atoms with Crippen molar-refractivity contribution in [3.05, 3.63) is 59.7 Å². The maximum absolute atomic E-state index is 5.91. The maximum atomic E-state index is 5.91. The van der Waals surface area contributed by atoms with Crippen LogP contribution in [0.4, 0.5) is 0 Å². The molecule has 3 rings (SSSR count). The highest BCUT2D eigenvalue weighted by molar-refractivity contribution is 5.34. The number of aromatic nitrogens is 2. The average molecular weight is 281 g/mol. The Labute approximate surface area is 126 Å². The van der Waals surface area contributed by atoms with Gasteiger partial charge in [-0.05, 0) is 31.4 Å². The van der Waals surface area contributed by atoms with E-state index in [0.717, 1.165) is 30.8 Å². The van der Waals surface area contributed by atoms with Crippen LogP contribution in [-0.4, -0.2) is 16.0 Å². The number of hydrogen-bond acceptors (Lipinski definition) is 3. The van der Waals surface area contributed by atoms with Gasteiger partial charge in [0.2, 0.25) is 0 Å². The van der Waals surface area contributed by atoms with Crippen LogP contribution in [0.3, 0.4) is 0 Å². The summed E-state index contributed by atoms with van der Waals surface area (Å²) in [7, 11) is 0. The van der Waals surface area contributed by atoms with Gasteiger partial charge < -0.3 is 5.73 Å². The molecule has 2 N–H and O–H groups in total. The number of benzene rings is 1. The van der Waals surface area contributed by atoms with Gasteiger partial charge in [-0.25, -0.2) is 9.97 Å². The molecule has 1 atom stereocenters. The van der Waals surface area contributed by atoms with Gasteiger partial charge in [-0.2, -0.15) is 0 Å². The summed E-state index contributed by atoms with van der Waals surface area (Å²) in [5.41, 5.74) is 8.31. The highest BCUT2D eigenvalue weighted by Gasteiger charge is 2.39. The van der Waals surface area contributed by atoms with Crippen molar-refractivity contribution in [1.29, 1.82) is 0 Å². The zero-order valence-corrected chi connectivity index (χ0v) is 12.6. The third kappa shape index (κ3) is 2.84. The third-order valence-electron chi connectivity index (χ3n) is 4.46. The Bertz CT molecular complexity index is 586. The molecule has 0 saturated heterocycles. The van der Waals surface area contributed by atoms with Crippen molar-refractivity contribution in [2.24, 2.45) is 5.73 Å². The molecule has 110 valence electrons. The fourth-order valence-electron chi connectivity index (χ4n) is 3.45. The third-order valence-corrected chi connectivity index (χ3v) is 4.46. The van der Waals surface area contributed by atoms with Crippen LogP contribution >= 0.6 is 0 Å². The molecule has 0 amide bonds. The van der Waals surface area contributed by atoms with Crippen molar-refractivity contribution in [2.75, 3.05) is 0 Å². The van der Waals surface area contributed by atoms with E-state index in [1.165, 1.54) is 18.4 Å². The van der Waals surface area contributed by atoms with Crippen LogP contribution in [0.5, 0.6) is 0 Å². The van der Waals surface area contributed by atoms with Crippen LogP contribution < -0.4 is 5.73 Å². The Hall–Kier alpha value is -1.74. The highest BCUT2D eigenvalue weighted by atomic mass is 14.9. The first-order valence-corrected chi connectivity index (χ1v) is 7.84. The smallest absolute Gasteiger partial charge is 0.139 e. The highest BCUT2D eigenvalue weighted by Crippen LogP contribution is 2.44. The van der Waals surface area contributed by atoms with E-state index in [4.69, 9.17) is 10.7 Å².